The van der Waals surface area contributed by atoms with E-state index >= 15 is 0 Å². The van der Waals surface area contributed by atoms with Crippen molar-refractivity contribution in [2.75, 3.05) is 16.8 Å². The largest absolute Gasteiger partial charge is 0.461 e. The molecule has 6 nitrogen and oxygen atoms in total. The quantitative estimate of drug-likeness (QED) is 0.381. The zero-order valence-corrected chi connectivity index (χ0v) is 19.3. The molecule has 5 rings (SSSR count). The van der Waals surface area contributed by atoms with E-state index in [0.29, 0.717) is 37.2 Å². The molecule has 0 aliphatic carbocycles. The standard InChI is InChI=1S/C28H26N4O2/c1-3-34-27(33)24-16-22-19(2)14-15-23-25(22)26(30-24)32(18-21-12-8-5-9-13-21)28(31-23)29-17-20-10-6-4-7-11-20/h4-16H,3,17-18H2,1-2H3,(H,29,31). The maximum Gasteiger partial charge on any atom is 0.357 e. The van der Waals surface area contributed by atoms with Crippen LogP contribution in [0.1, 0.15) is 34.1 Å². The van der Waals surface area contributed by atoms with Crippen molar-refractivity contribution in [1.29, 1.82) is 0 Å². The Morgan fingerprint density at radius 3 is 2.41 bits per heavy atom. The Morgan fingerprint density at radius 1 is 1.00 bits per heavy atom. The van der Waals surface area contributed by atoms with Crippen LogP contribution in [-0.4, -0.2) is 23.5 Å². The molecule has 1 aromatic heterocycles. The zero-order chi connectivity index (χ0) is 23.5. The number of nitrogens with zero attached hydrogens (tertiary/aromatic N) is 3. The molecular formula is C28H26N4O2. The first-order valence-corrected chi connectivity index (χ1v) is 11.4. The highest BCUT2D eigenvalue weighted by molar-refractivity contribution is 6.20. The van der Waals surface area contributed by atoms with Crippen LogP contribution in [0.5, 0.6) is 0 Å². The highest BCUT2D eigenvalue weighted by Gasteiger charge is 2.28. The van der Waals surface area contributed by atoms with E-state index in [1.54, 1.807) is 6.92 Å². The van der Waals surface area contributed by atoms with E-state index in [2.05, 4.69) is 34.5 Å². The van der Waals surface area contributed by atoms with Gasteiger partial charge in [-0.2, -0.15) is 0 Å². The number of hydrogen-bond acceptors (Lipinski definition) is 4. The van der Waals surface area contributed by atoms with Gasteiger partial charge >= 0.3 is 5.97 Å². The fourth-order valence-electron chi connectivity index (χ4n) is 4.18. The van der Waals surface area contributed by atoms with Crippen molar-refractivity contribution in [1.82, 2.24) is 4.98 Å². The van der Waals surface area contributed by atoms with E-state index in [1.807, 2.05) is 61.5 Å². The number of carbonyl (C=O) groups excluding carboxylic acids is 1. The van der Waals surface area contributed by atoms with Gasteiger partial charge in [-0.25, -0.2) is 14.8 Å². The number of pyridine rings is 1. The first-order valence-electron chi connectivity index (χ1n) is 11.4. The van der Waals surface area contributed by atoms with Crippen LogP contribution in [0, 0.1) is 6.92 Å². The van der Waals surface area contributed by atoms with Crippen LogP contribution >= 0.6 is 0 Å². The predicted octanol–water partition coefficient (Wildman–Crippen LogP) is 5.71. The van der Waals surface area contributed by atoms with Gasteiger partial charge in [0.1, 0.15) is 5.82 Å². The lowest BCUT2D eigenvalue weighted by Crippen LogP contribution is -2.40. The van der Waals surface area contributed by atoms with Gasteiger partial charge in [0.05, 0.1) is 25.4 Å². The summed E-state index contributed by atoms with van der Waals surface area (Å²) in [6.07, 6.45) is 0. The van der Waals surface area contributed by atoms with Gasteiger partial charge in [-0.1, -0.05) is 66.7 Å². The van der Waals surface area contributed by atoms with Crippen molar-refractivity contribution < 1.29 is 9.53 Å². The Balaban J connectivity index is 1.67. The number of aliphatic imine (C=N–C) groups is 1. The van der Waals surface area contributed by atoms with E-state index in [-0.39, 0.29) is 0 Å². The van der Waals surface area contributed by atoms with Crippen LogP contribution in [0.15, 0.2) is 83.9 Å². The fraction of sp³-hybridized carbons (Fsp3) is 0.179. The summed E-state index contributed by atoms with van der Waals surface area (Å²) in [5.74, 6) is 0.971. The minimum absolute atomic E-state index is 0.298. The SMILES string of the molecule is CCOC(=O)c1cc2c(C)ccc3c2c(n1)N(Cc1ccccc1)C(=NCc1ccccc1)N3. The number of aromatic nitrogens is 1. The molecule has 2 heterocycles. The second kappa shape index (κ2) is 9.35. The molecule has 0 atom stereocenters. The first kappa shape index (κ1) is 21.6. The molecular weight excluding hydrogens is 424 g/mol. The Hall–Kier alpha value is -4.19. The second-order valence-corrected chi connectivity index (χ2v) is 8.23. The Kier molecular flexibility index (Phi) is 5.95. The van der Waals surface area contributed by atoms with Gasteiger partial charge in [0.15, 0.2) is 5.69 Å². The summed E-state index contributed by atoms with van der Waals surface area (Å²) in [7, 11) is 0. The molecule has 1 aliphatic heterocycles. The summed E-state index contributed by atoms with van der Waals surface area (Å²) < 4.78 is 5.28. The van der Waals surface area contributed by atoms with Gasteiger partial charge in [-0.3, -0.25) is 4.90 Å². The molecule has 0 saturated carbocycles. The fourth-order valence-corrected chi connectivity index (χ4v) is 4.18. The lowest BCUT2D eigenvalue weighted by molar-refractivity contribution is 0.0520. The summed E-state index contributed by atoms with van der Waals surface area (Å²) >= 11 is 0. The van der Waals surface area contributed by atoms with E-state index in [0.717, 1.165) is 33.2 Å². The lowest BCUT2D eigenvalue weighted by atomic mass is 10.0. The highest BCUT2D eigenvalue weighted by atomic mass is 16.5. The number of carbonyl (C=O) groups is 1. The van der Waals surface area contributed by atoms with Gasteiger partial charge in [-0.15, -0.1) is 0 Å². The highest BCUT2D eigenvalue weighted by Crippen LogP contribution is 2.38. The van der Waals surface area contributed by atoms with Crippen LogP contribution in [0.3, 0.4) is 0 Å². The number of hydrogen-bond donors (Lipinski definition) is 1. The molecule has 0 spiro atoms. The normalized spacial score (nSPS) is 13.7. The molecule has 0 radical (unpaired) electrons. The van der Waals surface area contributed by atoms with Crippen molar-refractivity contribution in [3.05, 3.63) is 101 Å². The summed E-state index contributed by atoms with van der Waals surface area (Å²) in [5, 5.41) is 5.47. The number of rotatable bonds is 6. The van der Waals surface area contributed by atoms with Crippen LogP contribution < -0.4 is 10.2 Å². The molecule has 0 bridgehead atoms. The molecule has 34 heavy (non-hydrogen) atoms. The maximum absolute atomic E-state index is 12.7. The molecule has 0 unspecified atom stereocenters. The average Bonchev–Trinajstić information content (AvgIpc) is 2.87. The topological polar surface area (TPSA) is 66.8 Å². The molecule has 170 valence electrons. The minimum Gasteiger partial charge on any atom is -0.461 e. The number of ether oxygens (including phenoxy) is 1. The van der Waals surface area contributed by atoms with E-state index < -0.39 is 5.97 Å². The van der Waals surface area contributed by atoms with Gasteiger partial charge in [0.2, 0.25) is 5.96 Å². The van der Waals surface area contributed by atoms with Gasteiger partial charge in [-0.05, 0) is 48.1 Å². The van der Waals surface area contributed by atoms with Crippen LogP contribution in [0.2, 0.25) is 0 Å². The summed E-state index contributed by atoms with van der Waals surface area (Å²) in [6.45, 7) is 5.22. The Labute approximate surface area is 198 Å². The minimum atomic E-state index is -0.425. The van der Waals surface area contributed by atoms with Gasteiger partial charge in [0, 0.05) is 5.39 Å². The van der Waals surface area contributed by atoms with E-state index in [1.165, 1.54) is 0 Å². The summed E-state index contributed by atoms with van der Waals surface area (Å²) in [4.78, 5) is 24.5. The molecule has 6 heteroatoms. The third kappa shape index (κ3) is 4.22. The lowest BCUT2D eigenvalue weighted by Gasteiger charge is -2.33. The van der Waals surface area contributed by atoms with E-state index in [4.69, 9.17) is 14.7 Å². The van der Waals surface area contributed by atoms with Crippen molar-refractivity contribution in [3.8, 4) is 0 Å². The van der Waals surface area contributed by atoms with Crippen LogP contribution in [0.25, 0.3) is 10.8 Å². The number of anilines is 2. The molecule has 0 fully saturated rings. The third-order valence-electron chi connectivity index (χ3n) is 5.87. The van der Waals surface area contributed by atoms with Crippen molar-refractivity contribution in [3.63, 3.8) is 0 Å². The number of nitrogens with one attached hydrogen (secondary N) is 1. The molecule has 3 aromatic carbocycles. The average molecular weight is 451 g/mol. The van der Waals surface area contributed by atoms with Crippen molar-refractivity contribution in [2.24, 2.45) is 4.99 Å². The van der Waals surface area contributed by atoms with E-state index in [9.17, 15) is 4.79 Å². The van der Waals surface area contributed by atoms with Gasteiger partial charge in [0.25, 0.3) is 0 Å². The number of aryl methyl sites for hydroxylation is 1. The number of esters is 1. The molecule has 0 amide bonds. The summed E-state index contributed by atoms with van der Waals surface area (Å²) in [5.41, 5.74) is 4.52. The number of guanidine groups is 1. The Bertz CT molecular complexity index is 1370. The molecule has 0 saturated heterocycles. The monoisotopic (exact) mass is 450 g/mol. The maximum atomic E-state index is 12.7. The summed E-state index contributed by atoms with van der Waals surface area (Å²) in [6, 6.07) is 26.2. The van der Waals surface area contributed by atoms with Crippen molar-refractivity contribution in [2.45, 2.75) is 26.9 Å². The molecule has 4 aromatic rings. The third-order valence-corrected chi connectivity index (χ3v) is 5.87. The van der Waals surface area contributed by atoms with Crippen LogP contribution in [-0.2, 0) is 17.8 Å². The molecule has 1 N–H and O–H groups in total. The van der Waals surface area contributed by atoms with Gasteiger partial charge < -0.3 is 10.1 Å². The second-order valence-electron chi connectivity index (χ2n) is 8.23. The smallest absolute Gasteiger partial charge is 0.357 e. The zero-order valence-electron chi connectivity index (χ0n) is 19.3. The molecule has 1 aliphatic rings. The van der Waals surface area contributed by atoms with Crippen LogP contribution in [0.4, 0.5) is 11.5 Å². The Morgan fingerprint density at radius 2 is 1.71 bits per heavy atom. The first-order chi connectivity index (χ1) is 16.6. The number of benzene rings is 3. The predicted molar refractivity (Wildman–Crippen MR) is 136 cm³/mol. The van der Waals surface area contributed by atoms with Crippen molar-refractivity contribution >= 4 is 34.2 Å².